The highest BCUT2D eigenvalue weighted by atomic mass is 35.5. The van der Waals surface area contributed by atoms with E-state index in [0.717, 1.165) is 5.56 Å². The predicted octanol–water partition coefficient (Wildman–Crippen LogP) is 3.89. The van der Waals surface area contributed by atoms with Crippen molar-refractivity contribution in [2.75, 3.05) is 0 Å². The zero-order chi connectivity index (χ0) is 18.1. The molecule has 2 heterocycles. The normalized spacial score (nSPS) is 11.0. The lowest BCUT2D eigenvalue weighted by Gasteiger charge is -2.15. The number of carboxylic acid groups (broad SMARTS) is 1. The number of benzene rings is 2. The number of pyridine rings is 1. The summed E-state index contributed by atoms with van der Waals surface area (Å²) >= 11 is 6.17. The number of hydrogen-bond donors (Lipinski definition) is 1. The Labute approximate surface area is 153 Å². The van der Waals surface area contributed by atoms with Crippen LogP contribution in [0.4, 0.5) is 0 Å². The number of halogens is 1. The molecule has 0 bridgehead atoms. The summed E-state index contributed by atoms with van der Waals surface area (Å²) in [5, 5.41) is 15.2. The summed E-state index contributed by atoms with van der Waals surface area (Å²) < 4.78 is 1.55. The Bertz CT molecular complexity index is 1100. The smallest absolute Gasteiger partial charge is 0.338 e. The number of carboxylic acids is 1. The molecule has 1 N–H and O–H groups in total. The van der Waals surface area contributed by atoms with E-state index in [-0.39, 0.29) is 12.1 Å². The third-order valence-electron chi connectivity index (χ3n) is 4.08. The van der Waals surface area contributed by atoms with Gasteiger partial charge in [0.2, 0.25) is 0 Å². The minimum atomic E-state index is -1.05. The highest BCUT2D eigenvalue weighted by Gasteiger charge is 2.22. The molecule has 0 fully saturated rings. The zero-order valence-corrected chi connectivity index (χ0v) is 14.3. The summed E-state index contributed by atoms with van der Waals surface area (Å²) in [4.78, 5) is 20.6. The minimum Gasteiger partial charge on any atom is -0.478 e. The maximum absolute atomic E-state index is 12.2. The average Bonchev–Trinajstić information content (AvgIpc) is 3.14. The minimum absolute atomic E-state index is 0.140. The summed E-state index contributed by atoms with van der Waals surface area (Å²) in [6.45, 7) is 0.208. The van der Waals surface area contributed by atoms with Crippen molar-refractivity contribution in [3.05, 3.63) is 77.5 Å². The topological polar surface area (TPSA) is 80.9 Å². The van der Waals surface area contributed by atoms with Crippen molar-refractivity contribution >= 4 is 28.5 Å². The fraction of sp³-hybridized carbons (Fsp3) is 0.0526. The van der Waals surface area contributed by atoms with Gasteiger partial charge in [0, 0.05) is 16.0 Å². The molecule has 0 atom stereocenters. The lowest BCUT2D eigenvalue weighted by molar-refractivity contribution is 0.0696. The summed E-state index contributed by atoms with van der Waals surface area (Å²) in [6.07, 6.45) is 2.93. The van der Waals surface area contributed by atoms with Crippen LogP contribution in [0.25, 0.3) is 22.0 Å². The lowest BCUT2D eigenvalue weighted by atomic mass is 9.94. The van der Waals surface area contributed by atoms with Gasteiger partial charge in [0.15, 0.2) is 0 Å². The summed E-state index contributed by atoms with van der Waals surface area (Å²) in [5.41, 5.74) is 2.62. The van der Waals surface area contributed by atoms with E-state index in [1.807, 2.05) is 30.3 Å². The van der Waals surface area contributed by atoms with Crippen LogP contribution in [0.3, 0.4) is 0 Å². The van der Waals surface area contributed by atoms with Gasteiger partial charge in [-0.1, -0.05) is 41.9 Å². The molecule has 0 saturated heterocycles. The molecular formula is C19H13ClN4O2. The first-order chi connectivity index (χ1) is 12.6. The molecular weight excluding hydrogens is 352 g/mol. The fourth-order valence-electron chi connectivity index (χ4n) is 3.00. The van der Waals surface area contributed by atoms with E-state index in [0.29, 0.717) is 27.2 Å². The van der Waals surface area contributed by atoms with Gasteiger partial charge < -0.3 is 5.11 Å². The molecule has 0 aliphatic carbocycles. The van der Waals surface area contributed by atoms with E-state index in [4.69, 9.17) is 11.6 Å². The molecule has 0 aliphatic heterocycles. The number of fused-ring (bicyclic) bond motifs is 1. The Morgan fingerprint density at radius 3 is 2.65 bits per heavy atom. The van der Waals surface area contributed by atoms with Crippen molar-refractivity contribution in [2.45, 2.75) is 6.54 Å². The largest absolute Gasteiger partial charge is 0.478 e. The second-order valence-corrected chi connectivity index (χ2v) is 6.17. The Morgan fingerprint density at radius 2 is 1.96 bits per heavy atom. The average molecular weight is 365 g/mol. The Hall–Kier alpha value is -3.25. The molecule has 2 aromatic carbocycles. The number of rotatable bonds is 4. The lowest BCUT2D eigenvalue weighted by Crippen LogP contribution is -2.12. The van der Waals surface area contributed by atoms with Crippen LogP contribution in [-0.4, -0.2) is 30.8 Å². The van der Waals surface area contributed by atoms with Gasteiger partial charge in [-0.05, 0) is 23.8 Å². The van der Waals surface area contributed by atoms with E-state index in [2.05, 4.69) is 15.1 Å². The van der Waals surface area contributed by atoms with Crippen LogP contribution >= 0.6 is 11.6 Å². The molecule has 0 radical (unpaired) electrons. The standard InChI is InChI=1S/C19H13ClN4O2/c20-13-6-7-15-14(8-13)17(12-4-2-1-3-5-12)18(19(25)26)16(23-15)9-24-11-21-10-22-24/h1-8,10-11H,9H2,(H,25,26). The van der Waals surface area contributed by atoms with Gasteiger partial charge >= 0.3 is 5.97 Å². The van der Waals surface area contributed by atoms with Crippen molar-refractivity contribution in [1.29, 1.82) is 0 Å². The Morgan fingerprint density at radius 1 is 1.15 bits per heavy atom. The summed E-state index contributed by atoms with van der Waals surface area (Å²) in [7, 11) is 0. The van der Waals surface area contributed by atoms with Gasteiger partial charge in [-0.3, -0.25) is 0 Å². The summed E-state index contributed by atoms with van der Waals surface area (Å²) in [6, 6.07) is 14.7. The van der Waals surface area contributed by atoms with Crippen LogP contribution in [-0.2, 0) is 6.54 Å². The van der Waals surface area contributed by atoms with Gasteiger partial charge in [-0.25, -0.2) is 19.4 Å². The van der Waals surface area contributed by atoms with Crippen molar-refractivity contribution in [3.63, 3.8) is 0 Å². The number of nitrogens with zero attached hydrogens (tertiary/aromatic N) is 4. The quantitative estimate of drug-likeness (QED) is 0.594. The van der Waals surface area contributed by atoms with Crippen molar-refractivity contribution < 1.29 is 9.90 Å². The zero-order valence-electron chi connectivity index (χ0n) is 13.5. The van der Waals surface area contributed by atoms with Crippen LogP contribution in [0.2, 0.25) is 5.02 Å². The van der Waals surface area contributed by atoms with Crippen LogP contribution < -0.4 is 0 Å². The second kappa shape index (κ2) is 6.57. The Balaban J connectivity index is 2.07. The SMILES string of the molecule is O=C(O)c1c(Cn2cncn2)nc2ccc(Cl)cc2c1-c1ccccc1. The fourth-order valence-corrected chi connectivity index (χ4v) is 3.18. The van der Waals surface area contributed by atoms with Crippen LogP contribution in [0, 0.1) is 0 Å². The van der Waals surface area contributed by atoms with E-state index in [1.165, 1.54) is 12.7 Å². The number of hydrogen-bond acceptors (Lipinski definition) is 4. The second-order valence-electron chi connectivity index (χ2n) is 5.73. The first-order valence-corrected chi connectivity index (χ1v) is 8.24. The molecule has 2 aromatic heterocycles. The van der Waals surface area contributed by atoms with Gasteiger partial charge in [0.05, 0.1) is 23.3 Å². The van der Waals surface area contributed by atoms with E-state index < -0.39 is 5.97 Å². The van der Waals surface area contributed by atoms with Crippen LogP contribution in [0.1, 0.15) is 16.1 Å². The molecule has 4 rings (SSSR count). The molecule has 0 saturated carbocycles. The molecule has 0 spiro atoms. The molecule has 0 unspecified atom stereocenters. The van der Waals surface area contributed by atoms with Crippen molar-refractivity contribution in [2.24, 2.45) is 0 Å². The third kappa shape index (κ3) is 2.91. The van der Waals surface area contributed by atoms with E-state index in [9.17, 15) is 9.90 Å². The highest BCUT2D eigenvalue weighted by Crippen LogP contribution is 2.34. The van der Waals surface area contributed by atoms with E-state index >= 15 is 0 Å². The molecule has 26 heavy (non-hydrogen) atoms. The highest BCUT2D eigenvalue weighted by molar-refractivity contribution is 6.31. The molecule has 7 heteroatoms. The number of aromatic carboxylic acids is 1. The van der Waals surface area contributed by atoms with Gasteiger partial charge in [0.25, 0.3) is 0 Å². The van der Waals surface area contributed by atoms with Gasteiger partial charge in [0.1, 0.15) is 12.7 Å². The first kappa shape index (κ1) is 16.2. The van der Waals surface area contributed by atoms with Crippen molar-refractivity contribution in [1.82, 2.24) is 19.7 Å². The Kier molecular flexibility index (Phi) is 4.10. The molecule has 4 aromatic rings. The monoisotopic (exact) mass is 364 g/mol. The molecule has 128 valence electrons. The maximum atomic E-state index is 12.2. The number of aromatic nitrogens is 4. The van der Waals surface area contributed by atoms with Gasteiger partial charge in [-0.15, -0.1) is 0 Å². The maximum Gasteiger partial charge on any atom is 0.338 e. The third-order valence-corrected chi connectivity index (χ3v) is 4.31. The molecule has 0 aliphatic rings. The molecule has 0 amide bonds. The van der Waals surface area contributed by atoms with Crippen LogP contribution in [0.15, 0.2) is 61.2 Å². The molecule has 6 nitrogen and oxygen atoms in total. The van der Waals surface area contributed by atoms with Gasteiger partial charge in [-0.2, -0.15) is 5.10 Å². The first-order valence-electron chi connectivity index (χ1n) is 7.87. The number of carbonyl (C=O) groups is 1. The van der Waals surface area contributed by atoms with E-state index in [1.54, 1.807) is 22.9 Å². The van der Waals surface area contributed by atoms with Crippen molar-refractivity contribution in [3.8, 4) is 11.1 Å². The summed E-state index contributed by atoms with van der Waals surface area (Å²) in [5.74, 6) is -1.05. The van der Waals surface area contributed by atoms with Crippen LogP contribution in [0.5, 0.6) is 0 Å². The predicted molar refractivity (Wildman–Crippen MR) is 98.3 cm³/mol.